The van der Waals surface area contributed by atoms with Gasteiger partial charge in [0.15, 0.2) is 5.78 Å². The van der Waals surface area contributed by atoms with Gasteiger partial charge in [-0.2, -0.15) is 0 Å². The van der Waals surface area contributed by atoms with Crippen LogP contribution in [0, 0.1) is 5.92 Å². The van der Waals surface area contributed by atoms with Gasteiger partial charge >= 0.3 is 0 Å². The third kappa shape index (κ3) is 3.44. The predicted molar refractivity (Wildman–Crippen MR) is 69.1 cm³/mol. The summed E-state index contributed by atoms with van der Waals surface area (Å²) in [6.07, 6.45) is 10.1. The second kappa shape index (κ2) is 6.19. The number of Topliss-reactive ketones (excluding diaryl/α,β-unsaturated/α-hetero) is 1. The highest BCUT2D eigenvalue weighted by Crippen LogP contribution is 2.28. The monoisotopic (exact) mass is 236 g/mol. The van der Waals surface area contributed by atoms with Gasteiger partial charge in [0.25, 0.3) is 0 Å². The van der Waals surface area contributed by atoms with Gasteiger partial charge in [0.05, 0.1) is 4.88 Å². The number of hydrogen-bond acceptors (Lipinski definition) is 2. The van der Waals surface area contributed by atoms with Crippen LogP contribution in [0.2, 0.25) is 0 Å². The van der Waals surface area contributed by atoms with E-state index in [1.807, 2.05) is 17.5 Å². The normalized spacial score (nSPS) is 17.5. The molecule has 1 heterocycles. The first-order valence-corrected chi connectivity index (χ1v) is 7.31. The lowest BCUT2D eigenvalue weighted by atomic mass is 9.85. The largest absolute Gasteiger partial charge is 0.293 e. The van der Waals surface area contributed by atoms with E-state index in [9.17, 15) is 4.79 Å². The number of ketones is 1. The van der Waals surface area contributed by atoms with Crippen molar-refractivity contribution in [3.8, 4) is 0 Å². The van der Waals surface area contributed by atoms with Crippen molar-refractivity contribution in [3.05, 3.63) is 22.4 Å². The summed E-state index contributed by atoms with van der Waals surface area (Å²) >= 11 is 1.57. The van der Waals surface area contributed by atoms with Gasteiger partial charge in [-0.05, 0) is 23.8 Å². The molecule has 1 saturated carbocycles. The number of rotatable bonds is 5. The van der Waals surface area contributed by atoms with Crippen LogP contribution in [0.1, 0.15) is 61.0 Å². The maximum Gasteiger partial charge on any atom is 0.172 e. The zero-order chi connectivity index (χ0) is 11.2. The first-order valence-electron chi connectivity index (χ1n) is 6.43. The Bertz CT molecular complexity index is 309. The van der Waals surface area contributed by atoms with Crippen LogP contribution >= 0.6 is 11.3 Å². The molecule has 0 unspecified atom stereocenters. The lowest BCUT2D eigenvalue weighted by Gasteiger charge is -2.20. The summed E-state index contributed by atoms with van der Waals surface area (Å²) in [6.45, 7) is 0. The van der Waals surface area contributed by atoms with Gasteiger partial charge in [0.1, 0.15) is 0 Å². The van der Waals surface area contributed by atoms with E-state index >= 15 is 0 Å². The zero-order valence-electron chi connectivity index (χ0n) is 9.78. The van der Waals surface area contributed by atoms with Crippen molar-refractivity contribution in [3.63, 3.8) is 0 Å². The van der Waals surface area contributed by atoms with Gasteiger partial charge in [-0.25, -0.2) is 0 Å². The molecule has 0 spiro atoms. The molecule has 0 saturated heterocycles. The molecule has 1 aliphatic carbocycles. The molecule has 16 heavy (non-hydrogen) atoms. The summed E-state index contributed by atoms with van der Waals surface area (Å²) in [4.78, 5) is 12.7. The molecule has 0 radical (unpaired) electrons. The molecule has 0 aromatic carbocycles. The fourth-order valence-electron chi connectivity index (χ4n) is 2.59. The Balaban J connectivity index is 1.66. The molecule has 0 atom stereocenters. The lowest BCUT2D eigenvalue weighted by molar-refractivity contribution is 0.0980. The minimum atomic E-state index is 0.339. The zero-order valence-corrected chi connectivity index (χ0v) is 10.6. The van der Waals surface area contributed by atoms with Gasteiger partial charge in [-0.1, -0.05) is 44.6 Å². The Kier molecular flexibility index (Phi) is 4.58. The van der Waals surface area contributed by atoms with Gasteiger partial charge in [0, 0.05) is 6.42 Å². The molecular formula is C14H20OS. The Morgan fingerprint density at radius 3 is 2.81 bits per heavy atom. The highest BCUT2D eigenvalue weighted by Gasteiger charge is 2.14. The second-order valence-corrected chi connectivity index (χ2v) is 5.74. The molecule has 88 valence electrons. The number of hydrogen-bond donors (Lipinski definition) is 0. The highest BCUT2D eigenvalue weighted by atomic mass is 32.1. The molecule has 1 aliphatic rings. The minimum Gasteiger partial charge on any atom is -0.293 e. The molecule has 2 rings (SSSR count). The van der Waals surface area contributed by atoms with E-state index in [-0.39, 0.29) is 0 Å². The summed E-state index contributed by atoms with van der Waals surface area (Å²) in [5.41, 5.74) is 0. The van der Waals surface area contributed by atoms with Gasteiger partial charge in [0.2, 0.25) is 0 Å². The minimum absolute atomic E-state index is 0.339. The summed E-state index contributed by atoms with van der Waals surface area (Å²) in [7, 11) is 0. The van der Waals surface area contributed by atoms with Crippen molar-refractivity contribution >= 4 is 17.1 Å². The van der Waals surface area contributed by atoms with E-state index in [0.717, 1.165) is 23.6 Å². The molecule has 1 nitrogen and oxygen atoms in total. The Hall–Kier alpha value is -0.630. The van der Waals surface area contributed by atoms with Crippen molar-refractivity contribution in [1.82, 2.24) is 0 Å². The number of carbonyl (C=O) groups is 1. The molecule has 0 amide bonds. The molecule has 0 bridgehead atoms. The first-order chi connectivity index (χ1) is 7.86. The van der Waals surface area contributed by atoms with Crippen LogP contribution in [0.5, 0.6) is 0 Å². The Morgan fingerprint density at radius 1 is 1.31 bits per heavy atom. The van der Waals surface area contributed by atoms with Crippen LogP contribution in [0.15, 0.2) is 17.5 Å². The maximum absolute atomic E-state index is 11.8. The van der Waals surface area contributed by atoms with Crippen LogP contribution < -0.4 is 0 Å². The molecule has 0 N–H and O–H groups in total. The fraction of sp³-hybridized carbons (Fsp3) is 0.643. The first kappa shape index (κ1) is 11.8. The van der Waals surface area contributed by atoms with Crippen LogP contribution in [-0.4, -0.2) is 5.78 Å². The quantitative estimate of drug-likeness (QED) is 0.678. The van der Waals surface area contributed by atoms with Gasteiger partial charge in [-0.3, -0.25) is 4.79 Å². The van der Waals surface area contributed by atoms with E-state index in [2.05, 4.69) is 0 Å². The van der Waals surface area contributed by atoms with Crippen LogP contribution in [0.4, 0.5) is 0 Å². The van der Waals surface area contributed by atoms with Crippen molar-refractivity contribution in [1.29, 1.82) is 0 Å². The third-order valence-corrected chi connectivity index (χ3v) is 4.45. The second-order valence-electron chi connectivity index (χ2n) is 4.80. The van der Waals surface area contributed by atoms with Crippen LogP contribution in [-0.2, 0) is 0 Å². The Labute approximate surface area is 102 Å². The van der Waals surface area contributed by atoms with Crippen molar-refractivity contribution in [2.45, 2.75) is 51.4 Å². The summed E-state index contributed by atoms with van der Waals surface area (Å²) < 4.78 is 0. The average Bonchev–Trinajstić information content (AvgIpc) is 2.84. The lowest BCUT2D eigenvalue weighted by Crippen LogP contribution is -2.07. The number of carbonyl (C=O) groups excluding carboxylic acids is 1. The smallest absolute Gasteiger partial charge is 0.172 e. The fourth-order valence-corrected chi connectivity index (χ4v) is 3.28. The number of thiophene rings is 1. The molecule has 1 aromatic rings. The summed E-state index contributed by atoms with van der Waals surface area (Å²) in [5.74, 6) is 1.25. The van der Waals surface area contributed by atoms with Gasteiger partial charge in [-0.15, -0.1) is 11.3 Å². The molecule has 1 aromatic heterocycles. The molecular weight excluding hydrogens is 216 g/mol. The van der Waals surface area contributed by atoms with Crippen LogP contribution in [0.25, 0.3) is 0 Å². The topological polar surface area (TPSA) is 17.1 Å². The average molecular weight is 236 g/mol. The SMILES string of the molecule is O=C(CCCC1CCCCC1)c1cccs1. The third-order valence-electron chi connectivity index (χ3n) is 3.54. The highest BCUT2D eigenvalue weighted by molar-refractivity contribution is 7.12. The van der Waals surface area contributed by atoms with E-state index < -0.39 is 0 Å². The molecule has 0 aliphatic heterocycles. The maximum atomic E-state index is 11.8. The molecule has 2 heteroatoms. The van der Waals surface area contributed by atoms with Crippen molar-refractivity contribution in [2.24, 2.45) is 5.92 Å². The molecule has 1 fully saturated rings. The Morgan fingerprint density at radius 2 is 2.12 bits per heavy atom. The standard InChI is InChI=1S/C14H20OS/c15-13(14-10-5-11-16-14)9-4-8-12-6-2-1-3-7-12/h5,10-12H,1-4,6-9H2. The summed E-state index contributed by atoms with van der Waals surface area (Å²) in [5, 5.41) is 1.98. The van der Waals surface area contributed by atoms with Crippen molar-refractivity contribution in [2.75, 3.05) is 0 Å². The van der Waals surface area contributed by atoms with E-state index in [0.29, 0.717) is 5.78 Å². The van der Waals surface area contributed by atoms with Gasteiger partial charge < -0.3 is 0 Å². The van der Waals surface area contributed by atoms with Crippen molar-refractivity contribution < 1.29 is 4.79 Å². The predicted octanol–water partition coefficient (Wildman–Crippen LogP) is 4.68. The van der Waals surface area contributed by atoms with Crippen LogP contribution in [0.3, 0.4) is 0 Å². The van der Waals surface area contributed by atoms with E-state index in [1.165, 1.54) is 38.5 Å². The summed E-state index contributed by atoms with van der Waals surface area (Å²) in [6, 6.07) is 3.90. The van der Waals surface area contributed by atoms with E-state index in [1.54, 1.807) is 11.3 Å². The van der Waals surface area contributed by atoms with E-state index in [4.69, 9.17) is 0 Å².